The van der Waals surface area contributed by atoms with Gasteiger partial charge in [0.05, 0.1) is 36.2 Å². The molecular formula is C24H26N6O4. The summed E-state index contributed by atoms with van der Waals surface area (Å²) in [5.74, 6) is -0.426. The van der Waals surface area contributed by atoms with E-state index in [9.17, 15) is 14.4 Å². The van der Waals surface area contributed by atoms with E-state index in [2.05, 4.69) is 31.2 Å². The molecule has 2 aromatic heterocycles. The van der Waals surface area contributed by atoms with Gasteiger partial charge in [0.15, 0.2) is 0 Å². The Morgan fingerprint density at radius 3 is 2.44 bits per heavy atom. The van der Waals surface area contributed by atoms with E-state index in [1.807, 2.05) is 0 Å². The van der Waals surface area contributed by atoms with Gasteiger partial charge in [-0.2, -0.15) is 0 Å². The highest BCUT2D eigenvalue weighted by Crippen LogP contribution is 2.25. The van der Waals surface area contributed by atoms with Crippen molar-refractivity contribution in [3.05, 3.63) is 72.2 Å². The summed E-state index contributed by atoms with van der Waals surface area (Å²) >= 11 is 0. The first-order chi connectivity index (χ1) is 16.5. The van der Waals surface area contributed by atoms with Crippen molar-refractivity contribution in [2.75, 3.05) is 29.1 Å². The smallest absolute Gasteiger partial charge is 0.320 e. The molecule has 0 aliphatic heterocycles. The summed E-state index contributed by atoms with van der Waals surface area (Å²) in [5.41, 5.74) is 2.71. The number of aromatic nitrogens is 2. The number of pyridine rings is 2. The lowest BCUT2D eigenvalue weighted by molar-refractivity contribution is -0.142. The van der Waals surface area contributed by atoms with E-state index >= 15 is 0 Å². The van der Waals surface area contributed by atoms with Crippen LogP contribution in [0.25, 0.3) is 0 Å². The van der Waals surface area contributed by atoms with Crippen LogP contribution in [0.1, 0.15) is 29.8 Å². The normalized spacial score (nSPS) is 10.2. The maximum Gasteiger partial charge on any atom is 0.320 e. The van der Waals surface area contributed by atoms with Crippen molar-refractivity contribution in [2.45, 2.75) is 20.3 Å². The zero-order valence-electron chi connectivity index (χ0n) is 18.9. The van der Waals surface area contributed by atoms with Gasteiger partial charge in [-0.15, -0.1) is 0 Å². The lowest BCUT2D eigenvalue weighted by Crippen LogP contribution is -2.28. The molecule has 0 saturated carbocycles. The van der Waals surface area contributed by atoms with E-state index in [-0.39, 0.29) is 23.8 Å². The van der Waals surface area contributed by atoms with E-state index in [0.29, 0.717) is 30.2 Å². The van der Waals surface area contributed by atoms with Crippen molar-refractivity contribution >= 4 is 40.8 Å². The van der Waals surface area contributed by atoms with E-state index < -0.39 is 11.9 Å². The van der Waals surface area contributed by atoms with Gasteiger partial charge in [0.25, 0.3) is 5.91 Å². The molecule has 0 aliphatic rings. The number of esters is 1. The van der Waals surface area contributed by atoms with Crippen LogP contribution in [0.3, 0.4) is 0 Å². The number of amides is 3. The highest BCUT2D eigenvalue weighted by Gasteiger charge is 2.15. The van der Waals surface area contributed by atoms with Crippen LogP contribution in [-0.2, 0) is 16.0 Å². The van der Waals surface area contributed by atoms with Crippen molar-refractivity contribution in [1.82, 2.24) is 15.3 Å². The fourth-order valence-electron chi connectivity index (χ4n) is 3.00. The first-order valence-corrected chi connectivity index (χ1v) is 10.8. The van der Waals surface area contributed by atoms with E-state index in [1.54, 1.807) is 62.5 Å². The van der Waals surface area contributed by atoms with E-state index in [1.165, 1.54) is 12.4 Å². The second-order valence-electron chi connectivity index (χ2n) is 7.10. The molecule has 0 fully saturated rings. The van der Waals surface area contributed by atoms with Crippen LogP contribution in [0.15, 0.2) is 61.1 Å². The summed E-state index contributed by atoms with van der Waals surface area (Å²) in [6.45, 7) is 4.35. The van der Waals surface area contributed by atoms with Gasteiger partial charge in [-0.1, -0.05) is 12.1 Å². The molecule has 2 heterocycles. The third kappa shape index (κ3) is 7.02. The molecule has 3 rings (SSSR count). The Kier molecular flexibility index (Phi) is 8.50. The Balaban J connectivity index is 1.83. The van der Waals surface area contributed by atoms with Crippen molar-refractivity contribution in [3.63, 3.8) is 0 Å². The van der Waals surface area contributed by atoms with Crippen molar-refractivity contribution in [2.24, 2.45) is 0 Å². The highest BCUT2D eigenvalue weighted by atomic mass is 16.5. The summed E-state index contributed by atoms with van der Waals surface area (Å²) in [4.78, 5) is 44.7. The molecule has 0 atom stereocenters. The first kappa shape index (κ1) is 24.2. The van der Waals surface area contributed by atoms with Crippen molar-refractivity contribution in [1.29, 1.82) is 0 Å². The van der Waals surface area contributed by atoms with Gasteiger partial charge in [-0.05, 0) is 43.7 Å². The molecule has 34 heavy (non-hydrogen) atoms. The summed E-state index contributed by atoms with van der Waals surface area (Å²) in [6.07, 6.45) is 4.69. The summed E-state index contributed by atoms with van der Waals surface area (Å²) in [5, 5.41) is 11.2. The predicted octanol–water partition coefficient (Wildman–Crippen LogP) is 3.72. The first-order valence-electron chi connectivity index (χ1n) is 10.8. The number of urea groups is 1. The molecule has 0 saturated heterocycles. The minimum atomic E-state index is -0.406. The van der Waals surface area contributed by atoms with Crippen LogP contribution < -0.4 is 21.3 Å². The molecule has 4 N–H and O–H groups in total. The molecular weight excluding hydrogens is 436 g/mol. The number of hydrogen-bond acceptors (Lipinski definition) is 7. The van der Waals surface area contributed by atoms with Gasteiger partial charge < -0.3 is 20.7 Å². The molecule has 1 aromatic carbocycles. The molecule has 176 valence electrons. The fourth-order valence-corrected chi connectivity index (χ4v) is 3.00. The number of nitrogens with zero attached hydrogens (tertiary/aromatic N) is 2. The van der Waals surface area contributed by atoms with Crippen molar-refractivity contribution in [3.8, 4) is 0 Å². The third-order valence-corrected chi connectivity index (χ3v) is 4.53. The van der Waals surface area contributed by atoms with Crippen LogP contribution in [0.2, 0.25) is 0 Å². The van der Waals surface area contributed by atoms with Gasteiger partial charge in [0.2, 0.25) is 0 Å². The Labute approximate surface area is 197 Å². The number of nitrogens with one attached hydrogen (secondary N) is 4. The number of rotatable bonds is 9. The molecule has 3 aromatic rings. The zero-order chi connectivity index (χ0) is 24.3. The minimum absolute atomic E-state index is 0.169. The maximum absolute atomic E-state index is 12.9. The summed E-state index contributed by atoms with van der Waals surface area (Å²) in [7, 11) is 0. The Hall–Kier alpha value is -4.47. The Morgan fingerprint density at radius 2 is 1.76 bits per heavy atom. The minimum Gasteiger partial charge on any atom is -0.466 e. The van der Waals surface area contributed by atoms with Gasteiger partial charge in [-0.3, -0.25) is 19.9 Å². The van der Waals surface area contributed by atoms with Gasteiger partial charge in [-0.25, -0.2) is 9.78 Å². The largest absolute Gasteiger partial charge is 0.466 e. The zero-order valence-corrected chi connectivity index (χ0v) is 18.9. The molecule has 0 unspecified atom stereocenters. The summed E-state index contributed by atoms with van der Waals surface area (Å²) < 4.78 is 4.97. The molecule has 0 radical (unpaired) electrons. The van der Waals surface area contributed by atoms with Crippen LogP contribution in [0, 0.1) is 0 Å². The average Bonchev–Trinajstić information content (AvgIpc) is 2.81. The maximum atomic E-state index is 12.9. The highest BCUT2D eigenvalue weighted by molar-refractivity contribution is 6.08. The van der Waals surface area contributed by atoms with Crippen LogP contribution in [0.4, 0.5) is 27.7 Å². The Morgan fingerprint density at radius 1 is 0.971 bits per heavy atom. The van der Waals surface area contributed by atoms with Gasteiger partial charge in [0.1, 0.15) is 5.82 Å². The average molecular weight is 463 g/mol. The molecule has 0 aliphatic carbocycles. The monoisotopic (exact) mass is 462 g/mol. The summed E-state index contributed by atoms with van der Waals surface area (Å²) in [6, 6.07) is 11.8. The lowest BCUT2D eigenvalue weighted by Gasteiger charge is -2.14. The van der Waals surface area contributed by atoms with Gasteiger partial charge in [0, 0.05) is 30.7 Å². The second kappa shape index (κ2) is 12.0. The number of ether oxygens (including phenoxy) is 1. The third-order valence-electron chi connectivity index (χ3n) is 4.53. The van der Waals surface area contributed by atoms with Crippen molar-refractivity contribution < 1.29 is 19.1 Å². The molecule has 10 nitrogen and oxygen atoms in total. The second-order valence-corrected chi connectivity index (χ2v) is 7.10. The fraction of sp³-hybridized carbons (Fsp3) is 0.208. The molecule has 0 bridgehead atoms. The van der Waals surface area contributed by atoms with Crippen LogP contribution in [-0.4, -0.2) is 41.0 Å². The standard InChI is InChI=1S/C24H26N6O4/c1-3-26-24(33)30-21-13-20(19(15-27-21)23(32)29-18-6-5-11-25-14-18)28-17-9-7-16(8-10-17)12-22(31)34-4-2/h5-11,13-15H,3-4,12H2,1-2H3,(H,29,32)(H3,26,27,28,30,33). The predicted molar refractivity (Wildman–Crippen MR) is 129 cm³/mol. The molecule has 0 spiro atoms. The number of carbonyl (C=O) groups excluding carboxylic acids is 3. The topological polar surface area (TPSA) is 134 Å². The molecule has 3 amide bonds. The molecule has 10 heteroatoms. The number of hydrogen-bond donors (Lipinski definition) is 4. The van der Waals surface area contributed by atoms with Crippen LogP contribution >= 0.6 is 0 Å². The quantitative estimate of drug-likeness (QED) is 0.356. The van der Waals surface area contributed by atoms with E-state index in [0.717, 1.165) is 5.56 Å². The van der Waals surface area contributed by atoms with Crippen LogP contribution in [0.5, 0.6) is 0 Å². The SMILES string of the molecule is CCNC(=O)Nc1cc(Nc2ccc(CC(=O)OCC)cc2)c(C(=O)Nc2cccnc2)cn1. The van der Waals surface area contributed by atoms with Gasteiger partial charge >= 0.3 is 12.0 Å². The lowest BCUT2D eigenvalue weighted by atomic mass is 10.1. The number of carbonyl (C=O) groups is 3. The number of benzene rings is 1. The Bertz CT molecular complexity index is 1140. The van der Waals surface area contributed by atoms with E-state index in [4.69, 9.17) is 4.74 Å². The number of anilines is 4.